The molecule has 0 radical (unpaired) electrons. The fourth-order valence-electron chi connectivity index (χ4n) is 4.85. The van der Waals surface area contributed by atoms with Gasteiger partial charge in [0.2, 0.25) is 5.79 Å². The zero-order valence-electron chi connectivity index (χ0n) is 21.1. The molecule has 192 valence electrons. The van der Waals surface area contributed by atoms with Gasteiger partial charge in [-0.25, -0.2) is 9.67 Å². The lowest BCUT2D eigenvalue weighted by Gasteiger charge is -2.38. The SMILES string of the molecule is Cc1ccc([C@@]2(Cn3cncn3)OC[C@H](COc3ccc(N4CCN(C(C)C)CC4)cc3)O2)c(Cl)c1. The number of anilines is 1. The van der Waals surface area contributed by atoms with E-state index in [2.05, 4.69) is 45.9 Å². The second-order valence-electron chi connectivity index (χ2n) is 9.80. The van der Waals surface area contributed by atoms with Gasteiger partial charge >= 0.3 is 0 Å². The van der Waals surface area contributed by atoms with Crippen LogP contribution in [0.15, 0.2) is 55.1 Å². The molecule has 2 aliphatic heterocycles. The lowest BCUT2D eigenvalue weighted by atomic mass is 10.0. The molecule has 0 saturated carbocycles. The van der Waals surface area contributed by atoms with Gasteiger partial charge in [0.1, 0.15) is 37.7 Å². The summed E-state index contributed by atoms with van der Waals surface area (Å²) in [5.74, 6) is -0.251. The number of aryl methyl sites for hydroxylation is 1. The molecule has 2 aliphatic rings. The smallest absolute Gasteiger partial charge is 0.217 e. The Hall–Kier alpha value is -2.65. The molecule has 3 aromatic rings. The maximum absolute atomic E-state index is 6.62. The highest BCUT2D eigenvalue weighted by molar-refractivity contribution is 6.31. The number of rotatable bonds is 8. The largest absolute Gasteiger partial charge is 0.491 e. The predicted molar refractivity (Wildman–Crippen MR) is 140 cm³/mol. The zero-order chi connectivity index (χ0) is 25.1. The first kappa shape index (κ1) is 25.0. The monoisotopic (exact) mass is 511 g/mol. The highest BCUT2D eigenvalue weighted by Gasteiger charge is 2.45. The Morgan fingerprint density at radius 2 is 1.89 bits per heavy atom. The number of ether oxygens (including phenoxy) is 3. The van der Waals surface area contributed by atoms with E-state index in [0.717, 1.165) is 43.1 Å². The van der Waals surface area contributed by atoms with E-state index in [9.17, 15) is 0 Å². The van der Waals surface area contributed by atoms with Crippen LogP contribution >= 0.6 is 11.6 Å². The molecule has 2 saturated heterocycles. The van der Waals surface area contributed by atoms with Crippen molar-refractivity contribution in [1.82, 2.24) is 19.7 Å². The van der Waals surface area contributed by atoms with Crippen LogP contribution in [0.3, 0.4) is 0 Å². The minimum Gasteiger partial charge on any atom is -0.491 e. The molecule has 36 heavy (non-hydrogen) atoms. The molecule has 1 aromatic heterocycles. The summed E-state index contributed by atoms with van der Waals surface area (Å²) in [6.07, 6.45) is 2.88. The number of hydrogen-bond acceptors (Lipinski definition) is 7. The van der Waals surface area contributed by atoms with Crippen LogP contribution < -0.4 is 9.64 Å². The van der Waals surface area contributed by atoms with Crippen molar-refractivity contribution in [3.8, 4) is 5.75 Å². The molecule has 2 fully saturated rings. The minimum atomic E-state index is -1.06. The summed E-state index contributed by atoms with van der Waals surface area (Å²) in [5.41, 5.74) is 3.07. The van der Waals surface area contributed by atoms with Gasteiger partial charge in [0, 0.05) is 48.5 Å². The minimum absolute atomic E-state index is 0.255. The van der Waals surface area contributed by atoms with Crippen LogP contribution in [0, 0.1) is 6.92 Å². The Bertz CT molecular complexity index is 1130. The van der Waals surface area contributed by atoms with Crippen molar-refractivity contribution in [1.29, 1.82) is 0 Å². The average Bonchev–Trinajstić information content (AvgIpc) is 3.54. The van der Waals surface area contributed by atoms with Gasteiger partial charge in [-0.15, -0.1) is 0 Å². The van der Waals surface area contributed by atoms with E-state index in [-0.39, 0.29) is 6.10 Å². The summed E-state index contributed by atoms with van der Waals surface area (Å²) in [7, 11) is 0. The van der Waals surface area contributed by atoms with Gasteiger partial charge in [0.25, 0.3) is 0 Å². The van der Waals surface area contributed by atoms with Crippen molar-refractivity contribution >= 4 is 17.3 Å². The van der Waals surface area contributed by atoms with E-state index < -0.39 is 5.79 Å². The van der Waals surface area contributed by atoms with Crippen LogP contribution in [0.5, 0.6) is 5.75 Å². The quantitative estimate of drug-likeness (QED) is 0.451. The molecule has 5 rings (SSSR count). The van der Waals surface area contributed by atoms with Crippen LogP contribution in [0.25, 0.3) is 0 Å². The molecule has 0 spiro atoms. The van der Waals surface area contributed by atoms with Gasteiger partial charge < -0.3 is 19.1 Å². The van der Waals surface area contributed by atoms with E-state index in [0.29, 0.717) is 30.8 Å². The van der Waals surface area contributed by atoms with E-state index in [1.165, 1.54) is 12.0 Å². The highest BCUT2D eigenvalue weighted by Crippen LogP contribution is 2.40. The second-order valence-corrected chi connectivity index (χ2v) is 10.2. The maximum atomic E-state index is 6.62. The Balaban J connectivity index is 1.21. The second kappa shape index (κ2) is 10.8. The molecule has 0 bridgehead atoms. The third kappa shape index (κ3) is 5.52. The summed E-state index contributed by atoms with van der Waals surface area (Å²) in [4.78, 5) is 9.00. The summed E-state index contributed by atoms with van der Waals surface area (Å²) < 4.78 is 20.5. The summed E-state index contributed by atoms with van der Waals surface area (Å²) in [6, 6.07) is 14.8. The summed E-state index contributed by atoms with van der Waals surface area (Å²) in [6.45, 7) is 11.9. The lowest BCUT2D eigenvalue weighted by molar-refractivity contribution is -0.190. The van der Waals surface area contributed by atoms with Crippen molar-refractivity contribution < 1.29 is 14.2 Å². The van der Waals surface area contributed by atoms with Crippen LogP contribution in [0.2, 0.25) is 5.02 Å². The normalized spacial score (nSPS) is 22.9. The van der Waals surface area contributed by atoms with Crippen molar-refractivity contribution in [3.63, 3.8) is 0 Å². The molecule has 0 N–H and O–H groups in total. The van der Waals surface area contributed by atoms with E-state index in [4.69, 9.17) is 25.8 Å². The van der Waals surface area contributed by atoms with Gasteiger partial charge in [-0.3, -0.25) is 4.90 Å². The molecule has 0 unspecified atom stereocenters. The maximum Gasteiger partial charge on any atom is 0.217 e. The highest BCUT2D eigenvalue weighted by atomic mass is 35.5. The summed E-state index contributed by atoms with van der Waals surface area (Å²) >= 11 is 6.62. The predicted octanol–water partition coefficient (Wildman–Crippen LogP) is 4.12. The fraction of sp³-hybridized carbons (Fsp3) is 0.481. The number of aromatic nitrogens is 3. The Morgan fingerprint density at radius 1 is 1.11 bits per heavy atom. The standard InChI is InChI=1S/C27H34ClN5O3/c1-20(2)31-10-12-32(13-11-31)22-5-7-23(8-6-22)34-15-24-16-35-27(36-24,17-33-19-29-18-30-33)25-9-4-21(3)14-26(25)28/h4-9,14,18-20,24H,10-13,15-17H2,1-3H3/t24-,27-/m0/s1. The van der Waals surface area contributed by atoms with Crippen LogP contribution in [0.1, 0.15) is 25.0 Å². The average molecular weight is 512 g/mol. The molecule has 0 aliphatic carbocycles. The van der Waals surface area contributed by atoms with Gasteiger partial charge in [-0.1, -0.05) is 23.7 Å². The van der Waals surface area contributed by atoms with Gasteiger partial charge in [-0.2, -0.15) is 5.10 Å². The molecular weight excluding hydrogens is 478 g/mol. The first-order chi connectivity index (χ1) is 17.4. The Kier molecular flexibility index (Phi) is 7.48. The first-order valence-electron chi connectivity index (χ1n) is 12.5. The van der Waals surface area contributed by atoms with Crippen LogP contribution in [-0.2, 0) is 21.8 Å². The molecule has 2 aromatic carbocycles. The van der Waals surface area contributed by atoms with Gasteiger partial charge in [0.15, 0.2) is 0 Å². The first-order valence-corrected chi connectivity index (χ1v) is 12.9. The van der Waals surface area contributed by atoms with Crippen LogP contribution in [0.4, 0.5) is 5.69 Å². The van der Waals surface area contributed by atoms with E-state index in [1.807, 2.05) is 37.3 Å². The molecule has 3 heterocycles. The number of piperazine rings is 1. The fourth-order valence-corrected chi connectivity index (χ4v) is 5.23. The zero-order valence-corrected chi connectivity index (χ0v) is 21.9. The summed E-state index contributed by atoms with van der Waals surface area (Å²) in [5, 5.41) is 4.84. The van der Waals surface area contributed by atoms with Crippen molar-refractivity contribution in [3.05, 3.63) is 71.3 Å². The van der Waals surface area contributed by atoms with Gasteiger partial charge in [-0.05, 0) is 56.7 Å². The molecular formula is C27H34ClN5O3. The third-order valence-electron chi connectivity index (χ3n) is 6.91. The number of nitrogens with zero attached hydrogens (tertiary/aromatic N) is 5. The van der Waals surface area contributed by atoms with Crippen molar-refractivity contribution in [2.24, 2.45) is 0 Å². The van der Waals surface area contributed by atoms with Gasteiger partial charge in [0.05, 0.1) is 6.61 Å². The molecule has 9 heteroatoms. The third-order valence-corrected chi connectivity index (χ3v) is 7.23. The number of halogens is 1. The Morgan fingerprint density at radius 3 is 2.56 bits per heavy atom. The van der Waals surface area contributed by atoms with Crippen molar-refractivity contribution in [2.75, 3.05) is 44.3 Å². The number of benzene rings is 2. The van der Waals surface area contributed by atoms with Crippen molar-refractivity contribution in [2.45, 2.75) is 45.2 Å². The number of hydrogen-bond donors (Lipinski definition) is 0. The topological polar surface area (TPSA) is 64.9 Å². The molecule has 0 amide bonds. The lowest BCUT2D eigenvalue weighted by Crippen LogP contribution is -2.48. The molecule has 8 nitrogen and oxygen atoms in total. The van der Waals surface area contributed by atoms with E-state index in [1.54, 1.807) is 11.0 Å². The Labute approximate surface area is 217 Å². The molecule has 2 atom stereocenters. The van der Waals surface area contributed by atoms with E-state index >= 15 is 0 Å². The van der Waals surface area contributed by atoms with Crippen LogP contribution in [-0.4, -0.2) is 71.2 Å².